The molecule has 1 aromatic heterocycles. The molecule has 2 rings (SSSR count). The van der Waals surface area contributed by atoms with E-state index < -0.39 is 0 Å². The van der Waals surface area contributed by atoms with Crippen LogP contribution in [0.5, 0.6) is 0 Å². The minimum Gasteiger partial charge on any atom is -0.469 e. The molecule has 0 saturated carbocycles. The van der Waals surface area contributed by atoms with E-state index in [2.05, 4.69) is 24.1 Å². The third-order valence-corrected chi connectivity index (χ3v) is 3.25. The van der Waals surface area contributed by atoms with E-state index in [1.54, 1.807) is 6.26 Å². The maximum absolute atomic E-state index is 5.35. The predicted octanol–water partition coefficient (Wildman–Crippen LogP) is 3.14. The van der Waals surface area contributed by atoms with E-state index in [0.29, 0.717) is 5.92 Å². The number of aliphatic imine (C=N–C) groups is 1. The third-order valence-electron chi connectivity index (χ3n) is 3.25. The number of nitrogens with one attached hydrogen (secondary N) is 1. The zero-order valence-corrected chi connectivity index (χ0v) is 14.8. The molecule has 0 aromatic carbocycles. The largest absolute Gasteiger partial charge is 0.469 e. The average molecular weight is 391 g/mol. The minimum absolute atomic E-state index is 0. The normalized spacial score (nSPS) is 15.6. The van der Waals surface area contributed by atoms with Crippen LogP contribution in [0.25, 0.3) is 0 Å². The predicted molar refractivity (Wildman–Crippen MR) is 93.8 cm³/mol. The van der Waals surface area contributed by atoms with Gasteiger partial charge < -0.3 is 14.6 Å². The van der Waals surface area contributed by atoms with Crippen LogP contribution in [-0.4, -0.2) is 37.0 Å². The average Bonchev–Trinajstić information content (AvgIpc) is 3.05. The fraction of sp³-hybridized carbons (Fsp3) is 0.667. The van der Waals surface area contributed by atoms with Crippen LogP contribution in [0.2, 0.25) is 0 Å². The summed E-state index contributed by atoms with van der Waals surface area (Å²) in [6.45, 7) is 8.43. The van der Waals surface area contributed by atoms with Crippen molar-refractivity contribution in [2.45, 2.75) is 33.1 Å². The maximum Gasteiger partial charge on any atom is 0.193 e. The van der Waals surface area contributed by atoms with E-state index in [1.165, 1.54) is 12.8 Å². The lowest BCUT2D eigenvalue weighted by molar-refractivity contribution is 0.477. The molecule has 2 heterocycles. The summed E-state index contributed by atoms with van der Waals surface area (Å²) in [5.41, 5.74) is 0. The van der Waals surface area contributed by atoms with Gasteiger partial charge in [0.25, 0.3) is 0 Å². The molecule has 0 amide bonds. The van der Waals surface area contributed by atoms with Crippen molar-refractivity contribution in [3.05, 3.63) is 24.2 Å². The molecule has 5 heteroatoms. The van der Waals surface area contributed by atoms with Crippen LogP contribution >= 0.6 is 24.0 Å². The Kier molecular flexibility index (Phi) is 8.02. The third kappa shape index (κ3) is 5.73. The molecule has 0 spiro atoms. The highest BCUT2D eigenvalue weighted by atomic mass is 127. The number of likely N-dealkylation sites (tertiary alicyclic amines) is 1. The molecule has 114 valence electrons. The minimum atomic E-state index is 0. The summed E-state index contributed by atoms with van der Waals surface area (Å²) in [5.74, 6) is 2.69. The smallest absolute Gasteiger partial charge is 0.193 e. The molecule has 1 aromatic rings. The van der Waals surface area contributed by atoms with Gasteiger partial charge in [-0.3, -0.25) is 4.99 Å². The first kappa shape index (κ1) is 17.3. The van der Waals surface area contributed by atoms with Gasteiger partial charge in [-0.2, -0.15) is 0 Å². The van der Waals surface area contributed by atoms with Crippen molar-refractivity contribution in [2.75, 3.05) is 26.2 Å². The number of furan rings is 1. The molecule has 4 nitrogen and oxygen atoms in total. The molecule has 1 fully saturated rings. The Morgan fingerprint density at radius 2 is 2.15 bits per heavy atom. The number of guanidine groups is 1. The second kappa shape index (κ2) is 9.26. The van der Waals surface area contributed by atoms with Crippen LogP contribution in [0.1, 0.15) is 32.4 Å². The summed E-state index contributed by atoms with van der Waals surface area (Å²) in [4.78, 5) is 7.09. The van der Waals surface area contributed by atoms with Crippen LogP contribution in [0.4, 0.5) is 0 Å². The van der Waals surface area contributed by atoms with Crippen LogP contribution < -0.4 is 5.32 Å². The molecule has 0 aliphatic carbocycles. The second-order valence-electron chi connectivity index (χ2n) is 5.51. The van der Waals surface area contributed by atoms with Crippen molar-refractivity contribution in [3.63, 3.8) is 0 Å². The highest BCUT2D eigenvalue weighted by Gasteiger charge is 2.15. The van der Waals surface area contributed by atoms with Crippen LogP contribution in [0.15, 0.2) is 27.8 Å². The van der Waals surface area contributed by atoms with E-state index >= 15 is 0 Å². The summed E-state index contributed by atoms with van der Waals surface area (Å²) in [7, 11) is 0. The number of hydrogen-bond donors (Lipinski definition) is 1. The van der Waals surface area contributed by atoms with E-state index in [4.69, 9.17) is 9.41 Å². The molecule has 1 aliphatic rings. The fourth-order valence-corrected chi connectivity index (χ4v) is 2.22. The molecule has 0 radical (unpaired) electrons. The van der Waals surface area contributed by atoms with Gasteiger partial charge in [-0.25, -0.2) is 0 Å². The molecular weight excluding hydrogens is 365 g/mol. The number of nitrogens with zero attached hydrogens (tertiary/aromatic N) is 2. The second-order valence-corrected chi connectivity index (χ2v) is 5.51. The zero-order chi connectivity index (χ0) is 13.5. The summed E-state index contributed by atoms with van der Waals surface area (Å²) < 4.78 is 5.35. The van der Waals surface area contributed by atoms with Crippen molar-refractivity contribution in [2.24, 2.45) is 10.9 Å². The first-order chi connectivity index (χ1) is 9.25. The van der Waals surface area contributed by atoms with Gasteiger partial charge in [0.2, 0.25) is 0 Å². The summed E-state index contributed by atoms with van der Waals surface area (Å²) in [5, 5.41) is 3.47. The van der Waals surface area contributed by atoms with E-state index in [-0.39, 0.29) is 24.0 Å². The highest BCUT2D eigenvalue weighted by Crippen LogP contribution is 2.08. The van der Waals surface area contributed by atoms with Gasteiger partial charge in [-0.05, 0) is 30.9 Å². The Hall–Kier alpha value is -0.720. The first-order valence-corrected chi connectivity index (χ1v) is 7.31. The van der Waals surface area contributed by atoms with Crippen molar-refractivity contribution < 1.29 is 4.42 Å². The molecule has 1 N–H and O–H groups in total. The van der Waals surface area contributed by atoms with E-state index in [9.17, 15) is 0 Å². The Balaban J connectivity index is 0.00000200. The Labute approximate surface area is 139 Å². The standard InChI is InChI=1S/C15H25N3O.HI/c1-13(2)12-17-15(18-9-3-4-10-18)16-8-7-14-6-5-11-19-14;/h5-6,11,13H,3-4,7-10,12H2,1-2H3,(H,16,17);1H. The van der Waals surface area contributed by atoms with Crippen molar-refractivity contribution in [1.29, 1.82) is 0 Å². The molecule has 1 saturated heterocycles. The SMILES string of the molecule is CC(C)CN=C(NCCc1ccco1)N1CCCC1.I. The van der Waals surface area contributed by atoms with Crippen molar-refractivity contribution in [1.82, 2.24) is 10.2 Å². The van der Waals surface area contributed by atoms with Crippen molar-refractivity contribution >= 4 is 29.9 Å². The van der Waals surface area contributed by atoms with Crippen LogP contribution in [0.3, 0.4) is 0 Å². The Morgan fingerprint density at radius 3 is 2.75 bits per heavy atom. The van der Waals surface area contributed by atoms with Crippen LogP contribution in [0, 0.1) is 5.92 Å². The number of rotatable bonds is 5. The van der Waals surface area contributed by atoms with E-state index in [0.717, 1.165) is 44.3 Å². The molecule has 1 aliphatic heterocycles. The quantitative estimate of drug-likeness (QED) is 0.476. The number of hydrogen-bond acceptors (Lipinski definition) is 2. The van der Waals surface area contributed by atoms with Crippen molar-refractivity contribution in [3.8, 4) is 0 Å². The lowest BCUT2D eigenvalue weighted by Crippen LogP contribution is -2.40. The van der Waals surface area contributed by atoms with Gasteiger partial charge in [-0.15, -0.1) is 24.0 Å². The lowest BCUT2D eigenvalue weighted by Gasteiger charge is -2.21. The van der Waals surface area contributed by atoms with Gasteiger partial charge in [-0.1, -0.05) is 13.8 Å². The molecule has 0 atom stereocenters. The van der Waals surface area contributed by atoms with Gasteiger partial charge >= 0.3 is 0 Å². The van der Waals surface area contributed by atoms with Gasteiger partial charge in [0.15, 0.2) is 5.96 Å². The van der Waals surface area contributed by atoms with Gasteiger partial charge in [0, 0.05) is 32.6 Å². The molecule has 20 heavy (non-hydrogen) atoms. The summed E-state index contributed by atoms with van der Waals surface area (Å²) in [6, 6.07) is 3.95. The highest BCUT2D eigenvalue weighted by molar-refractivity contribution is 14.0. The maximum atomic E-state index is 5.35. The van der Waals surface area contributed by atoms with Gasteiger partial charge in [0.05, 0.1) is 6.26 Å². The summed E-state index contributed by atoms with van der Waals surface area (Å²) in [6.07, 6.45) is 5.19. The monoisotopic (exact) mass is 391 g/mol. The molecule has 0 unspecified atom stereocenters. The lowest BCUT2D eigenvalue weighted by atomic mass is 10.2. The first-order valence-electron chi connectivity index (χ1n) is 7.31. The fourth-order valence-electron chi connectivity index (χ4n) is 2.22. The van der Waals surface area contributed by atoms with Crippen LogP contribution in [-0.2, 0) is 6.42 Å². The zero-order valence-electron chi connectivity index (χ0n) is 12.5. The Bertz CT molecular complexity index is 384. The molecule has 0 bridgehead atoms. The van der Waals surface area contributed by atoms with Gasteiger partial charge in [0.1, 0.15) is 5.76 Å². The Morgan fingerprint density at radius 1 is 1.40 bits per heavy atom. The number of halogens is 1. The van der Waals surface area contributed by atoms with E-state index in [1.807, 2.05) is 12.1 Å². The summed E-state index contributed by atoms with van der Waals surface area (Å²) >= 11 is 0. The topological polar surface area (TPSA) is 40.8 Å². The molecular formula is C15H26IN3O.